The van der Waals surface area contributed by atoms with Crippen molar-refractivity contribution in [3.05, 3.63) is 83.4 Å². The molecule has 134 valence electrons. The maximum absolute atomic E-state index is 3.94. The van der Waals surface area contributed by atoms with Crippen molar-refractivity contribution in [2.24, 2.45) is 0 Å². The molecule has 0 amide bonds. The summed E-state index contributed by atoms with van der Waals surface area (Å²) in [4.78, 5) is 0. The lowest BCUT2D eigenvalue weighted by molar-refractivity contribution is 0.319. The van der Waals surface area contributed by atoms with Crippen LogP contribution < -0.4 is 5.32 Å². The number of nitrogens with one attached hydrogen (secondary N) is 1. The van der Waals surface area contributed by atoms with Gasteiger partial charge in [0.15, 0.2) is 0 Å². The molecule has 0 spiro atoms. The quantitative estimate of drug-likeness (QED) is 0.568. The maximum Gasteiger partial charge on any atom is 0.0300 e. The number of aryl methyl sites for hydroxylation is 1. The molecule has 1 heteroatoms. The van der Waals surface area contributed by atoms with Crippen LogP contribution in [0.1, 0.15) is 61.3 Å². The van der Waals surface area contributed by atoms with Crippen molar-refractivity contribution >= 4 is 10.8 Å². The third-order valence-corrected chi connectivity index (χ3v) is 6.00. The fourth-order valence-electron chi connectivity index (χ4n) is 4.55. The van der Waals surface area contributed by atoms with Crippen LogP contribution in [0.3, 0.4) is 0 Å². The van der Waals surface area contributed by atoms with Crippen LogP contribution in [0.15, 0.2) is 66.7 Å². The van der Waals surface area contributed by atoms with E-state index in [-0.39, 0.29) is 0 Å². The zero-order chi connectivity index (χ0) is 17.9. The first-order valence-corrected chi connectivity index (χ1v) is 10.0. The van der Waals surface area contributed by atoms with Gasteiger partial charge >= 0.3 is 0 Å². The fraction of sp³-hybridized carbons (Fsp3) is 0.360. The minimum absolute atomic E-state index is 0.378. The van der Waals surface area contributed by atoms with Gasteiger partial charge in [-0.05, 0) is 60.9 Å². The minimum Gasteiger partial charge on any atom is -0.307 e. The summed E-state index contributed by atoms with van der Waals surface area (Å²) in [6.07, 6.45) is 5.18. The van der Waals surface area contributed by atoms with Crippen molar-refractivity contribution in [3.8, 4) is 0 Å². The highest BCUT2D eigenvalue weighted by molar-refractivity contribution is 5.86. The summed E-state index contributed by atoms with van der Waals surface area (Å²) < 4.78 is 0. The standard InChI is InChI=1S/C25H29N/c1-18-13-15-20(16-14-18)22-9-5-10-23(17-22)26-19(2)24-12-6-8-21-7-3-4-11-25(21)24/h3-4,6-8,11-16,19,22-23,26H,5,9-10,17H2,1-2H3/t19-,22+,23+/m1/s1. The third kappa shape index (κ3) is 3.68. The highest BCUT2D eigenvalue weighted by Gasteiger charge is 2.24. The molecule has 0 aliphatic heterocycles. The largest absolute Gasteiger partial charge is 0.307 e. The van der Waals surface area contributed by atoms with Crippen molar-refractivity contribution in [2.75, 3.05) is 0 Å². The van der Waals surface area contributed by atoms with Crippen molar-refractivity contribution in [1.29, 1.82) is 0 Å². The van der Waals surface area contributed by atoms with Gasteiger partial charge in [0, 0.05) is 12.1 Å². The molecule has 0 unspecified atom stereocenters. The maximum atomic E-state index is 3.94. The van der Waals surface area contributed by atoms with E-state index >= 15 is 0 Å². The first-order valence-electron chi connectivity index (χ1n) is 10.0. The van der Waals surface area contributed by atoms with E-state index in [1.54, 1.807) is 0 Å². The molecular formula is C25H29N. The highest BCUT2D eigenvalue weighted by atomic mass is 14.9. The molecule has 3 aromatic rings. The summed E-state index contributed by atoms with van der Waals surface area (Å²) in [7, 11) is 0. The summed E-state index contributed by atoms with van der Waals surface area (Å²) in [5.74, 6) is 0.696. The van der Waals surface area contributed by atoms with Crippen LogP contribution in [0.4, 0.5) is 0 Å². The molecule has 0 saturated heterocycles. The number of rotatable bonds is 4. The zero-order valence-electron chi connectivity index (χ0n) is 15.9. The van der Waals surface area contributed by atoms with Crippen LogP contribution in [-0.2, 0) is 0 Å². The second kappa shape index (κ2) is 7.63. The van der Waals surface area contributed by atoms with Crippen molar-refractivity contribution in [1.82, 2.24) is 5.32 Å². The number of hydrogen-bond acceptors (Lipinski definition) is 1. The fourth-order valence-corrected chi connectivity index (χ4v) is 4.55. The van der Waals surface area contributed by atoms with Gasteiger partial charge < -0.3 is 5.32 Å². The van der Waals surface area contributed by atoms with Crippen LogP contribution in [0.25, 0.3) is 10.8 Å². The summed E-state index contributed by atoms with van der Waals surface area (Å²) >= 11 is 0. The molecule has 1 nitrogen and oxygen atoms in total. The normalized spacial score (nSPS) is 21.6. The van der Waals surface area contributed by atoms with Gasteiger partial charge in [-0.15, -0.1) is 0 Å². The lowest BCUT2D eigenvalue weighted by atomic mass is 9.81. The number of fused-ring (bicyclic) bond motifs is 1. The summed E-state index contributed by atoms with van der Waals surface area (Å²) in [6, 6.07) is 25.5. The summed E-state index contributed by atoms with van der Waals surface area (Å²) in [5.41, 5.74) is 4.28. The van der Waals surface area contributed by atoms with E-state index in [9.17, 15) is 0 Å². The van der Waals surface area contributed by atoms with E-state index in [0.29, 0.717) is 18.0 Å². The molecule has 1 aliphatic rings. The molecule has 1 fully saturated rings. The molecule has 0 radical (unpaired) electrons. The Labute approximate surface area is 157 Å². The molecule has 3 aromatic carbocycles. The van der Waals surface area contributed by atoms with E-state index in [4.69, 9.17) is 0 Å². The van der Waals surface area contributed by atoms with Crippen LogP contribution >= 0.6 is 0 Å². The van der Waals surface area contributed by atoms with Crippen molar-refractivity contribution in [2.45, 2.75) is 57.5 Å². The molecule has 1 N–H and O–H groups in total. The third-order valence-electron chi connectivity index (χ3n) is 6.00. The van der Waals surface area contributed by atoms with E-state index in [1.807, 2.05) is 0 Å². The summed E-state index contributed by atoms with van der Waals surface area (Å²) in [5, 5.41) is 6.65. The van der Waals surface area contributed by atoms with Crippen molar-refractivity contribution in [3.63, 3.8) is 0 Å². The first kappa shape index (κ1) is 17.3. The molecular weight excluding hydrogens is 314 g/mol. The van der Waals surface area contributed by atoms with Crippen LogP contribution in [0.2, 0.25) is 0 Å². The molecule has 0 heterocycles. The SMILES string of the molecule is Cc1ccc([C@H]2CCC[C@H](N[C@H](C)c3cccc4ccccc34)C2)cc1. The first-order chi connectivity index (χ1) is 12.7. The molecule has 3 atom stereocenters. The van der Waals surface area contributed by atoms with Crippen LogP contribution in [-0.4, -0.2) is 6.04 Å². The Morgan fingerprint density at radius 3 is 2.50 bits per heavy atom. The van der Waals surface area contributed by atoms with Gasteiger partial charge in [-0.2, -0.15) is 0 Å². The monoisotopic (exact) mass is 343 g/mol. The Bertz CT molecular complexity index is 859. The van der Waals surface area contributed by atoms with Gasteiger partial charge in [0.25, 0.3) is 0 Å². The molecule has 4 rings (SSSR count). The average molecular weight is 344 g/mol. The predicted octanol–water partition coefficient (Wildman–Crippen LogP) is 6.53. The van der Waals surface area contributed by atoms with Gasteiger partial charge in [-0.1, -0.05) is 78.7 Å². The Balaban J connectivity index is 1.48. The topological polar surface area (TPSA) is 12.0 Å². The zero-order valence-corrected chi connectivity index (χ0v) is 15.9. The van der Waals surface area contributed by atoms with Gasteiger partial charge in [0.1, 0.15) is 0 Å². The second-order valence-corrected chi connectivity index (χ2v) is 7.93. The highest BCUT2D eigenvalue weighted by Crippen LogP contribution is 2.34. The van der Waals surface area contributed by atoms with Gasteiger partial charge in [-0.3, -0.25) is 0 Å². The van der Waals surface area contributed by atoms with Gasteiger partial charge in [0.05, 0.1) is 0 Å². The second-order valence-electron chi connectivity index (χ2n) is 7.93. The minimum atomic E-state index is 0.378. The lowest BCUT2D eigenvalue weighted by Gasteiger charge is -2.32. The summed E-state index contributed by atoms with van der Waals surface area (Å²) in [6.45, 7) is 4.48. The molecule has 1 saturated carbocycles. The molecule has 26 heavy (non-hydrogen) atoms. The smallest absolute Gasteiger partial charge is 0.0300 e. The van der Waals surface area contributed by atoms with Gasteiger partial charge in [0.2, 0.25) is 0 Å². The predicted molar refractivity (Wildman–Crippen MR) is 112 cm³/mol. The Morgan fingerprint density at radius 2 is 1.65 bits per heavy atom. The van der Waals surface area contributed by atoms with E-state index < -0.39 is 0 Å². The average Bonchev–Trinajstić information content (AvgIpc) is 2.68. The molecule has 0 aromatic heterocycles. The van der Waals surface area contributed by atoms with Crippen LogP contribution in [0, 0.1) is 6.92 Å². The van der Waals surface area contributed by atoms with Crippen LogP contribution in [0.5, 0.6) is 0 Å². The lowest BCUT2D eigenvalue weighted by Crippen LogP contribution is -2.35. The Morgan fingerprint density at radius 1 is 0.885 bits per heavy atom. The van der Waals surface area contributed by atoms with Gasteiger partial charge in [-0.25, -0.2) is 0 Å². The molecule has 1 aliphatic carbocycles. The Hall–Kier alpha value is -2.12. The van der Waals surface area contributed by atoms with Crippen molar-refractivity contribution < 1.29 is 0 Å². The van der Waals surface area contributed by atoms with E-state index in [0.717, 1.165) is 0 Å². The van der Waals surface area contributed by atoms with E-state index in [1.165, 1.54) is 53.1 Å². The number of benzene rings is 3. The molecule has 0 bridgehead atoms. The Kier molecular flexibility index (Phi) is 5.08. The number of hydrogen-bond donors (Lipinski definition) is 1. The van der Waals surface area contributed by atoms with E-state index in [2.05, 4.69) is 85.9 Å².